The number of hydrogen-bond acceptors (Lipinski definition) is 4. The summed E-state index contributed by atoms with van der Waals surface area (Å²) in [5, 5.41) is 3.85. The number of hydrogen-bond donors (Lipinski definition) is 1. The van der Waals surface area contributed by atoms with Crippen molar-refractivity contribution in [3.05, 3.63) is 59.1 Å². The maximum Gasteiger partial charge on any atom is 0.322 e. The van der Waals surface area contributed by atoms with Gasteiger partial charge in [0.05, 0.1) is 16.3 Å². The molecule has 1 atom stereocenters. The number of nitrogens with zero attached hydrogens (tertiary/aromatic N) is 3. The van der Waals surface area contributed by atoms with Crippen LogP contribution < -0.4 is 5.32 Å². The monoisotopic (exact) mass is 408 g/mol. The van der Waals surface area contributed by atoms with Crippen LogP contribution in [0.1, 0.15) is 36.4 Å². The lowest BCUT2D eigenvalue weighted by molar-refractivity contribution is -0.128. The van der Waals surface area contributed by atoms with Gasteiger partial charge in [0, 0.05) is 32.2 Å². The fraction of sp³-hybridized carbons (Fsp3) is 0.318. The van der Waals surface area contributed by atoms with Crippen LogP contribution in [0.2, 0.25) is 0 Å². The molecule has 3 amide bonds. The first-order chi connectivity index (χ1) is 14.0. The number of likely N-dealkylation sites (tertiary alicyclic amines) is 1. The Morgan fingerprint density at radius 3 is 2.69 bits per heavy atom. The van der Waals surface area contributed by atoms with Gasteiger partial charge in [-0.05, 0) is 43.2 Å². The molecule has 0 aliphatic carbocycles. The van der Waals surface area contributed by atoms with Gasteiger partial charge in [-0.1, -0.05) is 24.3 Å². The lowest BCUT2D eigenvalue weighted by Gasteiger charge is -2.23. The van der Waals surface area contributed by atoms with E-state index < -0.39 is 0 Å². The number of aromatic nitrogens is 1. The van der Waals surface area contributed by atoms with Crippen molar-refractivity contribution in [3.63, 3.8) is 0 Å². The van der Waals surface area contributed by atoms with Gasteiger partial charge < -0.3 is 15.1 Å². The van der Waals surface area contributed by atoms with Crippen molar-refractivity contribution in [2.24, 2.45) is 0 Å². The summed E-state index contributed by atoms with van der Waals surface area (Å²) < 4.78 is 1.12. The summed E-state index contributed by atoms with van der Waals surface area (Å²) in [6.07, 6.45) is 1.58. The number of urea groups is 1. The van der Waals surface area contributed by atoms with Crippen molar-refractivity contribution in [2.75, 3.05) is 18.9 Å². The number of benzene rings is 2. The Kier molecular flexibility index (Phi) is 5.49. The van der Waals surface area contributed by atoms with E-state index >= 15 is 0 Å². The summed E-state index contributed by atoms with van der Waals surface area (Å²) in [5.74, 6) is 0.216. The van der Waals surface area contributed by atoms with Gasteiger partial charge in [-0.3, -0.25) is 4.79 Å². The number of nitrogens with one attached hydrogen (secondary N) is 1. The second-order valence-electron chi connectivity index (χ2n) is 7.35. The molecule has 1 saturated heterocycles. The molecule has 0 radical (unpaired) electrons. The Labute approximate surface area is 174 Å². The van der Waals surface area contributed by atoms with Crippen LogP contribution in [0.4, 0.5) is 10.5 Å². The first-order valence-corrected chi connectivity index (χ1v) is 10.6. The second kappa shape index (κ2) is 8.21. The van der Waals surface area contributed by atoms with Gasteiger partial charge in [0.1, 0.15) is 5.01 Å². The molecule has 1 aliphatic rings. The first-order valence-electron chi connectivity index (χ1n) is 9.77. The summed E-state index contributed by atoms with van der Waals surface area (Å²) in [4.78, 5) is 32.6. The van der Waals surface area contributed by atoms with Gasteiger partial charge in [-0.2, -0.15) is 0 Å². The molecule has 6 nitrogen and oxygen atoms in total. The normalized spacial score (nSPS) is 15.0. The van der Waals surface area contributed by atoms with E-state index in [9.17, 15) is 9.59 Å². The van der Waals surface area contributed by atoms with Crippen LogP contribution in [0.5, 0.6) is 0 Å². The zero-order valence-corrected chi connectivity index (χ0v) is 17.4. The predicted molar refractivity (Wildman–Crippen MR) is 116 cm³/mol. The Morgan fingerprint density at radius 1 is 1.24 bits per heavy atom. The zero-order valence-electron chi connectivity index (χ0n) is 16.6. The molecular weight excluding hydrogens is 384 g/mol. The topological polar surface area (TPSA) is 65.5 Å². The fourth-order valence-electron chi connectivity index (χ4n) is 3.41. The van der Waals surface area contributed by atoms with E-state index in [-0.39, 0.29) is 18.0 Å². The van der Waals surface area contributed by atoms with Gasteiger partial charge in [0.2, 0.25) is 5.91 Å². The molecule has 2 aromatic carbocycles. The number of anilines is 1. The maximum atomic E-state index is 12.7. The molecule has 0 bridgehead atoms. The van der Waals surface area contributed by atoms with Crippen molar-refractivity contribution >= 4 is 39.2 Å². The van der Waals surface area contributed by atoms with Crippen LogP contribution in [0, 0.1) is 0 Å². The average Bonchev–Trinajstić information content (AvgIpc) is 3.34. The summed E-state index contributed by atoms with van der Waals surface area (Å²) in [6, 6.07) is 15.3. The number of fused-ring (bicyclic) bond motifs is 1. The highest BCUT2D eigenvalue weighted by atomic mass is 32.1. The Morgan fingerprint density at radius 2 is 2.00 bits per heavy atom. The third-order valence-electron chi connectivity index (χ3n) is 5.32. The van der Waals surface area contributed by atoms with E-state index in [1.807, 2.05) is 60.4 Å². The van der Waals surface area contributed by atoms with Gasteiger partial charge in [0.15, 0.2) is 0 Å². The van der Waals surface area contributed by atoms with E-state index in [4.69, 9.17) is 0 Å². The van der Waals surface area contributed by atoms with Crippen molar-refractivity contribution in [3.8, 4) is 0 Å². The molecular formula is C22H24N4O2S. The van der Waals surface area contributed by atoms with Crippen molar-refractivity contribution in [1.82, 2.24) is 14.8 Å². The molecule has 1 aliphatic heterocycles. The van der Waals surface area contributed by atoms with Gasteiger partial charge >= 0.3 is 6.03 Å². The van der Waals surface area contributed by atoms with Crippen LogP contribution in [0.15, 0.2) is 48.5 Å². The highest BCUT2D eigenvalue weighted by molar-refractivity contribution is 7.18. The molecule has 1 aromatic heterocycles. The standard InChI is InChI=1S/C22H24N4O2S/c1-15(21-24-18-6-3-4-7-19(18)29-21)25(2)22(28)23-17-11-9-16(10-12-17)14-26-13-5-8-20(26)27/h3-4,6-7,9-12,15H,5,8,13-14H2,1-2H3,(H,23,28). The third kappa shape index (κ3) is 4.24. The molecule has 0 spiro atoms. The number of thiazole rings is 1. The molecule has 1 fully saturated rings. The Bertz CT molecular complexity index is 998. The molecule has 29 heavy (non-hydrogen) atoms. The Balaban J connectivity index is 1.38. The van der Waals surface area contributed by atoms with Crippen LogP contribution in [-0.2, 0) is 11.3 Å². The highest BCUT2D eigenvalue weighted by Gasteiger charge is 2.22. The second-order valence-corrected chi connectivity index (χ2v) is 8.41. The van der Waals surface area contributed by atoms with Crippen molar-refractivity contribution < 1.29 is 9.59 Å². The van der Waals surface area contributed by atoms with Gasteiger partial charge in [-0.15, -0.1) is 11.3 Å². The summed E-state index contributed by atoms with van der Waals surface area (Å²) in [6.45, 7) is 3.43. The molecule has 3 aromatic rings. The zero-order chi connectivity index (χ0) is 20.4. The minimum absolute atomic E-state index is 0.132. The number of carbonyl (C=O) groups excluding carboxylic acids is 2. The quantitative estimate of drug-likeness (QED) is 0.669. The number of carbonyl (C=O) groups is 2. The van der Waals surface area contributed by atoms with Crippen LogP contribution in [-0.4, -0.2) is 40.3 Å². The van der Waals surface area contributed by atoms with Crippen LogP contribution in [0.25, 0.3) is 10.2 Å². The van der Waals surface area contributed by atoms with Gasteiger partial charge in [0.25, 0.3) is 0 Å². The molecule has 2 heterocycles. The number of rotatable bonds is 5. The lowest BCUT2D eigenvalue weighted by Crippen LogP contribution is -2.33. The summed E-state index contributed by atoms with van der Waals surface area (Å²) in [7, 11) is 1.78. The summed E-state index contributed by atoms with van der Waals surface area (Å²) in [5.41, 5.74) is 2.75. The average molecular weight is 409 g/mol. The van der Waals surface area contributed by atoms with Crippen molar-refractivity contribution in [2.45, 2.75) is 32.4 Å². The van der Waals surface area contributed by atoms with E-state index in [1.54, 1.807) is 23.3 Å². The third-order valence-corrected chi connectivity index (χ3v) is 6.53. The van der Waals surface area contributed by atoms with Crippen molar-refractivity contribution in [1.29, 1.82) is 0 Å². The van der Waals surface area contributed by atoms with Gasteiger partial charge in [-0.25, -0.2) is 9.78 Å². The van der Waals surface area contributed by atoms with Crippen LogP contribution in [0.3, 0.4) is 0 Å². The first kappa shape index (κ1) is 19.4. The molecule has 7 heteroatoms. The molecule has 4 rings (SSSR count). The largest absolute Gasteiger partial charge is 0.338 e. The summed E-state index contributed by atoms with van der Waals surface area (Å²) >= 11 is 1.61. The molecule has 1 N–H and O–H groups in total. The lowest BCUT2D eigenvalue weighted by atomic mass is 10.2. The molecule has 150 valence electrons. The highest BCUT2D eigenvalue weighted by Crippen LogP contribution is 2.29. The minimum atomic E-state index is -0.181. The fourth-order valence-corrected chi connectivity index (χ4v) is 4.47. The molecule has 0 saturated carbocycles. The van der Waals surface area contributed by atoms with E-state index in [0.717, 1.165) is 39.4 Å². The van der Waals surface area contributed by atoms with E-state index in [0.29, 0.717) is 13.0 Å². The van der Waals surface area contributed by atoms with E-state index in [2.05, 4.69) is 10.3 Å². The maximum absolute atomic E-state index is 12.7. The Hall–Kier alpha value is -2.93. The SMILES string of the molecule is CC(c1nc2ccccc2s1)N(C)C(=O)Nc1ccc(CN2CCCC2=O)cc1. The smallest absolute Gasteiger partial charge is 0.322 e. The predicted octanol–water partition coefficient (Wildman–Crippen LogP) is 4.64. The number of amides is 3. The van der Waals surface area contributed by atoms with E-state index in [1.165, 1.54) is 0 Å². The van der Waals surface area contributed by atoms with Crippen LogP contribution >= 0.6 is 11.3 Å². The molecule has 1 unspecified atom stereocenters. The minimum Gasteiger partial charge on any atom is -0.338 e. The number of para-hydroxylation sites is 1.